The number of allylic oxidation sites excluding steroid dienone is 2. The number of benzene rings is 5. The molecule has 0 saturated carbocycles. The summed E-state index contributed by atoms with van der Waals surface area (Å²) in [5.74, 6) is 0.712. The van der Waals surface area contributed by atoms with E-state index in [1.54, 1.807) is 6.20 Å². The van der Waals surface area contributed by atoms with E-state index in [0.717, 1.165) is 52.0 Å². The van der Waals surface area contributed by atoms with E-state index < -0.39 is 0 Å². The predicted molar refractivity (Wildman–Crippen MR) is 193 cm³/mol. The van der Waals surface area contributed by atoms with Crippen molar-refractivity contribution in [3.8, 4) is 45.0 Å². The van der Waals surface area contributed by atoms with Crippen LogP contribution in [-0.2, 0) is 6.42 Å². The lowest BCUT2D eigenvalue weighted by molar-refractivity contribution is 0.969. The van der Waals surface area contributed by atoms with Crippen molar-refractivity contribution in [2.45, 2.75) is 26.7 Å². The molecule has 0 aliphatic heterocycles. The van der Waals surface area contributed by atoms with Crippen molar-refractivity contribution in [1.29, 1.82) is 0 Å². The summed E-state index contributed by atoms with van der Waals surface area (Å²) in [5.41, 5.74) is 12.5. The Hall–Kier alpha value is -5.67. The fourth-order valence-electron chi connectivity index (χ4n) is 6.85. The number of aromatic nitrogens is 3. The molecule has 220 valence electrons. The Bertz CT molecular complexity index is 2310. The molecule has 5 aromatic carbocycles. The molecule has 0 radical (unpaired) electrons. The zero-order chi connectivity index (χ0) is 31.0. The van der Waals surface area contributed by atoms with Gasteiger partial charge < -0.3 is 0 Å². The molecule has 0 atom stereocenters. The van der Waals surface area contributed by atoms with E-state index in [1.165, 1.54) is 43.8 Å². The minimum atomic E-state index is 0.712. The summed E-state index contributed by atoms with van der Waals surface area (Å²) in [6, 6.07) is 36.6. The Balaban J connectivity index is 1.39. The molecular formula is C43H33N3. The minimum absolute atomic E-state index is 0.712. The zero-order valence-electron chi connectivity index (χ0n) is 26.0. The molecular weight excluding hydrogens is 558 g/mol. The van der Waals surface area contributed by atoms with Gasteiger partial charge in [0.25, 0.3) is 0 Å². The van der Waals surface area contributed by atoms with Crippen LogP contribution >= 0.6 is 0 Å². The molecule has 3 heteroatoms. The lowest BCUT2D eigenvalue weighted by Gasteiger charge is -2.21. The number of pyridine rings is 1. The van der Waals surface area contributed by atoms with E-state index in [4.69, 9.17) is 9.97 Å². The van der Waals surface area contributed by atoms with E-state index >= 15 is 0 Å². The molecule has 0 N–H and O–H groups in total. The Kier molecular flexibility index (Phi) is 7.07. The average Bonchev–Trinajstić information content (AvgIpc) is 3.13. The smallest absolute Gasteiger partial charge is 0.160 e. The normalized spacial score (nSPS) is 12.7. The maximum atomic E-state index is 5.30. The summed E-state index contributed by atoms with van der Waals surface area (Å²) >= 11 is 0. The van der Waals surface area contributed by atoms with Crippen LogP contribution in [0.4, 0.5) is 0 Å². The van der Waals surface area contributed by atoms with Gasteiger partial charge in [0, 0.05) is 29.1 Å². The molecule has 1 aliphatic rings. The van der Waals surface area contributed by atoms with Crippen LogP contribution in [0.25, 0.3) is 78.7 Å². The second kappa shape index (κ2) is 11.7. The van der Waals surface area contributed by atoms with Gasteiger partial charge in [-0.25, -0.2) is 9.97 Å². The molecule has 0 bridgehead atoms. The number of hydrogen-bond donors (Lipinski definition) is 0. The van der Waals surface area contributed by atoms with Crippen LogP contribution in [0.2, 0.25) is 0 Å². The third-order valence-electron chi connectivity index (χ3n) is 9.18. The Labute approximate surface area is 269 Å². The average molecular weight is 592 g/mol. The van der Waals surface area contributed by atoms with Crippen molar-refractivity contribution in [2.75, 3.05) is 0 Å². The number of rotatable bonds is 5. The largest absolute Gasteiger partial charge is 0.264 e. The maximum absolute atomic E-state index is 5.30. The molecule has 0 spiro atoms. The molecule has 3 nitrogen and oxygen atoms in total. The molecule has 0 fully saturated rings. The second-order valence-electron chi connectivity index (χ2n) is 11.9. The van der Waals surface area contributed by atoms with Crippen molar-refractivity contribution in [3.05, 3.63) is 150 Å². The predicted octanol–water partition coefficient (Wildman–Crippen LogP) is 11.1. The molecule has 46 heavy (non-hydrogen) atoms. The van der Waals surface area contributed by atoms with Crippen molar-refractivity contribution in [2.24, 2.45) is 0 Å². The van der Waals surface area contributed by atoms with Gasteiger partial charge in [0.1, 0.15) is 0 Å². The van der Waals surface area contributed by atoms with E-state index in [0.29, 0.717) is 5.82 Å². The molecule has 8 rings (SSSR count). The van der Waals surface area contributed by atoms with Crippen LogP contribution in [-0.4, -0.2) is 15.0 Å². The van der Waals surface area contributed by atoms with Crippen LogP contribution < -0.4 is 0 Å². The van der Waals surface area contributed by atoms with Crippen LogP contribution in [0, 0.1) is 6.92 Å². The molecule has 0 amide bonds. The molecule has 0 unspecified atom stereocenters. The third kappa shape index (κ3) is 4.91. The second-order valence-corrected chi connectivity index (χ2v) is 11.9. The van der Waals surface area contributed by atoms with Crippen molar-refractivity contribution in [3.63, 3.8) is 0 Å². The van der Waals surface area contributed by atoms with Gasteiger partial charge in [0.2, 0.25) is 0 Å². The summed E-state index contributed by atoms with van der Waals surface area (Å²) in [4.78, 5) is 14.9. The topological polar surface area (TPSA) is 38.7 Å². The van der Waals surface area contributed by atoms with Gasteiger partial charge in [-0.15, -0.1) is 0 Å². The molecule has 2 aromatic heterocycles. The third-order valence-corrected chi connectivity index (χ3v) is 9.18. The standard InChI is InChI=1S/C43H33N3/c1-3-11-31-24-39(36-16-7-6-14-34(36)28(31)2)41-26-42(40-25-32-12-4-5-15-35(32)37-17-8-9-18-38(37)40)46-43(45-41)30-21-19-29(20-22-30)33-13-10-23-44-27-33/h3-5,7-13,15-27H,6,14H2,1-2H3/b11-3-. The molecule has 1 aliphatic carbocycles. The van der Waals surface area contributed by atoms with Gasteiger partial charge in [-0.05, 0) is 106 Å². The lowest BCUT2D eigenvalue weighted by atomic mass is 9.85. The van der Waals surface area contributed by atoms with Crippen molar-refractivity contribution in [1.82, 2.24) is 15.0 Å². The highest BCUT2D eigenvalue weighted by molar-refractivity contribution is 6.13. The van der Waals surface area contributed by atoms with Gasteiger partial charge in [-0.1, -0.05) is 103 Å². The fourth-order valence-corrected chi connectivity index (χ4v) is 6.85. The Morgan fingerprint density at radius 2 is 1.41 bits per heavy atom. The highest BCUT2D eigenvalue weighted by Crippen LogP contribution is 2.39. The Morgan fingerprint density at radius 3 is 2.20 bits per heavy atom. The van der Waals surface area contributed by atoms with E-state index in [-0.39, 0.29) is 0 Å². The van der Waals surface area contributed by atoms with E-state index in [9.17, 15) is 0 Å². The summed E-state index contributed by atoms with van der Waals surface area (Å²) in [6.45, 7) is 4.33. The maximum Gasteiger partial charge on any atom is 0.160 e. The quantitative estimate of drug-likeness (QED) is 0.187. The van der Waals surface area contributed by atoms with Crippen LogP contribution in [0.1, 0.15) is 35.6 Å². The van der Waals surface area contributed by atoms with Gasteiger partial charge in [-0.2, -0.15) is 0 Å². The first-order chi connectivity index (χ1) is 22.7. The van der Waals surface area contributed by atoms with Crippen molar-refractivity contribution >= 4 is 33.7 Å². The van der Waals surface area contributed by atoms with Crippen LogP contribution in [0.3, 0.4) is 0 Å². The van der Waals surface area contributed by atoms with Gasteiger partial charge >= 0.3 is 0 Å². The molecule has 0 saturated heterocycles. The first-order valence-electron chi connectivity index (χ1n) is 15.9. The van der Waals surface area contributed by atoms with E-state index in [1.807, 2.05) is 12.3 Å². The SMILES string of the molecule is C/C=C\c1cc(-c2cc(-c3cc4ccccc4c4ccccc34)nc(-c3ccc(-c4cccnc4)cc3)n2)c2c(c1C)CCC=C2. The number of nitrogens with zero attached hydrogens (tertiary/aromatic N) is 3. The highest BCUT2D eigenvalue weighted by atomic mass is 14.9. The zero-order valence-corrected chi connectivity index (χ0v) is 26.0. The fraction of sp³-hybridized carbons (Fsp3) is 0.0930. The van der Waals surface area contributed by atoms with Crippen LogP contribution in [0.15, 0.2) is 128 Å². The highest BCUT2D eigenvalue weighted by Gasteiger charge is 2.20. The molecule has 7 aromatic rings. The summed E-state index contributed by atoms with van der Waals surface area (Å²) in [6.07, 6.45) is 14.7. The van der Waals surface area contributed by atoms with E-state index in [2.05, 4.69) is 140 Å². The Morgan fingerprint density at radius 1 is 0.674 bits per heavy atom. The van der Waals surface area contributed by atoms with Crippen molar-refractivity contribution < 1.29 is 0 Å². The number of fused-ring (bicyclic) bond motifs is 4. The molecule has 2 heterocycles. The van der Waals surface area contributed by atoms with Gasteiger partial charge in [0.15, 0.2) is 5.82 Å². The summed E-state index contributed by atoms with van der Waals surface area (Å²) in [5, 5.41) is 4.86. The van der Waals surface area contributed by atoms with Crippen LogP contribution in [0.5, 0.6) is 0 Å². The summed E-state index contributed by atoms with van der Waals surface area (Å²) < 4.78 is 0. The first kappa shape index (κ1) is 27.8. The number of hydrogen-bond acceptors (Lipinski definition) is 3. The van der Waals surface area contributed by atoms with Gasteiger partial charge in [0.05, 0.1) is 11.4 Å². The monoisotopic (exact) mass is 591 g/mol. The minimum Gasteiger partial charge on any atom is -0.264 e. The lowest BCUT2D eigenvalue weighted by Crippen LogP contribution is -2.04. The first-order valence-corrected chi connectivity index (χ1v) is 15.9. The van der Waals surface area contributed by atoms with Gasteiger partial charge in [-0.3, -0.25) is 4.98 Å². The summed E-state index contributed by atoms with van der Waals surface area (Å²) in [7, 11) is 0.